The van der Waals surface area contributed by atoms with Crippen molar-refractivity contribution in [1.82, 2.24) is 0 Å². The Hall–Kier alpha value is 0.0569. The van der Waals surface area contributed by atoms with Crippen molar-refractivity contribution in [3.63, 3.8) is 0 Å². The number of quaternary nitrogens is 1. The van der Waals surface area contributed by atoms with E-state index in [1.54, 1.807) is 0 Å². The number of nitrogens with zero attached hydrogens (tertiary/aromatic N) is 1. The third-order valence-electron chi connectivity index (χ3n) is 1.16. The maximum Gasteiger partial charge on any atom is 0.177 e. The first-order chi connectivity index (χ1) is 4.21. The zero-order valence-electron chi connectivity index (χ0n) is 6.70. The fourth-order valence-electron chi connectivity index (χ4n) is 0.485. The van der Waals surface area contributed by atoms with Crippen LogP contribution in [0.5, 0.6) is 0 Å². The predicted molar refractivity (Wildman–Crippen MR) is 39.1 cm³/mol. The molecule has 0 aromatic rings. The second-order valence-corrected chi connectivity index (χ2v) is 6.43. The van der Waals surface area contributed by atoms with Crippen LogP contribution in [0.1, 0.15) is 20.3 Å². The molecule has 3 N–H and O–H groups in total. The minimum atomic E-state index is -1.90. The van der Waals surface area contributed by atoms with Crippen molar-refractivity contribution in [2.45, 2.75) is 25.3 Å². The Morgan fingerprint density at radius 3 is 1.80 bits per heavy atom. The average Bonchev–Trinajstić information content (AvgIpc) is 1.57. The highest BCUT2D eigenvalue weighted by atomic mass is 28.1. The van der Waals surface area contributed by atoms with Crippen molar-refractivity contribution in [1.29, 1.82) is 0 Å². The van der Waals surface area contributed by atoms with Crippen LogP contribution in [0.15, 0.2) is 0 Å². The van der Waals surface area contributed by atoms with Gasteiger partial charge in [0.15, 0.2) is 6.54 Å². The van der Waals surface area contributed by atoms with Crippen molar-refractivity contribution in [3.05, 3.63) is 0 Å². The van der Waals surface area contributed by atoms with Crippen LogP contribution in [0, 0.1) is 0 Å². The van der Waals surface area contributed by atoms with E-state index in [0.29, 0.717) is 6.42 Å². The summed E-state index contributed by atoms with van der Waals surface area (Å²) in [5, 5.41) is 25.5. The zero-order chi connectivity index (χ0) is 8.41. The molecule has 0 aromatic carbocycles. The first-order valence-electron chi connectivity index (χ1n) is 3.27. The highest BCUT2D eigenvalue weighted by molar-refractivity contribution is 6.14. The van der Waals surface area contributed by atoms with E-state index in [4.69, 9.17) is 15.6 Å². The maximum atomic E-state index is 8.45. The molecule has 0 aliphatic carbocycles. The van der Waals surface area contributed by atoms with E-state index < -0.39 is 4.97 Å². The number of rotatable bonds is 3. The lowest BCUT2D eigenvalue weighted by Crippen LogP contribution is -2.39. The molecule has 0 radical (unpaired) electrons. The highest BCUT2D eigenvalue weighted by Gasteiger charge is 2.22. The molecule has 62 valence electrons. The zero-order valence-corrected chi connectivity index (χ0v) is 8.70. The van der Waals surface area contributed by atoms with E-state index in [-0.39, 0.29) is 11.6 Å². The number of hydroxylamine groups is 3. The van der Waals surface area contributed by atoms with Gasteiger partial charge < -0.3 is 0 Å². The van der Waals surface area contributed by atoms with Crippen LogP contribution in [0.3, 0.4) is 0 Å². The van der Waals surface area contributed by atoms with E-state index in [1.165, 1.54) is 0 Å². The van der Waals surface area contributed by atoms with Crippen LogP contribution in [-0.2, 0) is 0 Å². The summed E-state index contributed by atoms with van der Waals surface area (Å²) < 4.78 is 0. The van der Waals surface area contributed by atoms with Gasteiger partial charge in [-0.3, -0.25) is 0 Å². The minimum absolute atomic E-state index is 0.0312. The fraction of sp³-hybridized carbons (Fsp3) is 1.00. The Morgan fingerprint density at radius 1 is 1.30 bits per heavy atom. The molecule has 0 spiro atoms. The Morgan fingerprint density at radius 2 is 1.70 bits per heavy atom. The van der Waals surface area contributed by atoms with Crippen LogP contribution in [0.2, 0.25) is 5.04 Å². The normalized spacial score (nSPS) is 14.1. The van der Waals surface area contributed by atoms with Crippen LogP contribution in [0.4, 0.5) is 0 Å². The average molecular weight is 166 g/mol. The SMILES string of the molecule is CC(C)([SiH3])CC[N+](O)(O)O. The number of hydrogen-bond donors (Lipinski definition) is 3. The smallest absolute Gasteiger partial charge is 0.146 e. The first-order valence-corrected chi connectivity index (χ1v) is 4.27. The molecular formula is C5H16NO3Si+. The Bertz CT molecular complexity index is 90.4. The summed E-state index contributed by atoms with van der Waals surface area (Å²) in [5.74, 6) is 0. The van der Waals surface area contributed by atoms with Crippen molar-refractivity contribution in [3.8, 4) is 0 Å². The molecule has 0 heterocycles. The first kappa shape index (κ1) is 10.1. The predicted octanol–water partition coefficient (Wildman–Crippen LogP) is -0.0752. The summed E-state index contributed by atoms with van der Waals surface area (Å²) in [6, 6.07) is 0. The van der Waals surface area contributed by atoms with Crippen LogP contribution >= 0.6 is 0 Å². The van der Waals surface area contributed by atoms with Gasteiger partial charge in [0, 0.05) is 16.7 Å². The van der Waals surface area contributed by atoms with E-state index in [9.17, 15) is 0 Å². The van der Waals surface area contributed by atoms with Crippen LogP contribution in [-0.4, -0.2) is 37.4 Å². The van der Waals surface area contributed by atoms with E-state index in [2.05, 4.69) is 0 Å². The maximum absolute atomic E-state index is 8.45. The Kier molecular flexibility index (Phi) is 2.99. The molecule has 0 aliphatic rings. The fourth-order valence-corrected chi connectivity index (χ4v) is 0.709. The monoisotopic (exact) mass is 166 g/mol. The second kappa shape index (κ2) is 2.98. The Balaban J connectivity index is 3.56. The van der Waals surface area contributed by atoms with Gasteiger partial charge in [-0.1, -0.05) is 13.8 Å². The highest BCUT2D eigenvalue weighted by Crippen LogP contribution is 2.23. The van der Waals surface area contributed by atoms with Gasteiger partial charge in [-0.15, -0.1) is 15.6 Å². The molecule has 0 saturated carbocycles. The third kappa shape index (κ3) is 8.06. The molecule has 0 bridgehead atoms. The summed E-state index contributed by atoms with van der Waals surface area (Å²) in [6.07, 6.45) is 0.614. The summed E-state index contributed by atoms with van der Waals surface area (Å²) in [4.78, 5) is -1.90. The van der Waals surface area contributed by atoms with Gasteiger partial charge in [0.2, 0.25) is 0 Å². The lowest BCUT2D eigenvalue weighted by atomic mass is 10.1. The quantitative estimate of drug-likeness (QED) is 0.312. The van der Waals surface area contributed by atoms with Crippen LogP contribution < -0.4 is 0 Å². The number of hydrogen-bond acceptors (Lipinski definition) is 3. The van der Waals surface area contributed by atoms with Crippen molar-refractivity contribution in [2.75, 3.05) is 6.54 Å². The largest absolute Gasteiger partial charge is 0.177 e. The molecule has 0 saturated heterocycles. The second-order valence-electron chi connectivity index (χ2n) is 3.73. The molecule has 0 aliphatic heterocycles. The van der Waals surface area contributed by atoms with Crippen LogP contribution in [0.25, 0.3) is 0 Å². The lowest BCUT2D eigenvalue weighted by molar-refractivity contribution is -1.37. The van der Waals surface area contributed by atoms with Gasteiger partial charge in [-0.05, 0) is 5.04 Å². The molecule has 0 unspecified atom stereocenters. The van der Waals surface area contributed by atoms with Crippen molar-refractivity contribution >= 4 is 10.2 Å². The molecule has 0 atom stereocenters. The topological polar surface area (TPSA) is 60.7 Å². The van der Waals surface area contributed by atoms with Gasteiger partial charge in [-0.2, -0.15) is 0 Å². The molecule has 0 rings (SSSR count). The van der Waals surface area contributed by atoms with Gasteiger partial charge in [0.1, 0.15) is 0 Å². The summed E-state index contributed by atoms with van der Waals surface area (Å²) >= 11 is 0. The van der Waals surface area contributed by atoms with Gasteiger partial charge >= 0.3 is 0 Å². The van der Waals surface area contributed by atoms with Crippen molar-refractivity contribution in [2.24, 2.45) is 0 Å². The standard InChI is InChI=1S/C5H16NO3Si/c1-5(2,10)3-4-6(7,8)9/h7-9H,3-4H2,1-2,10H3/q+1. The molecule has 10 heavy (non-hydrogen) atoms. The summed E-state index contributed by atoms with van der Waals surface area (Å²) in [7, 11) is 0.978. The molecule has 4 nitrogen and oxygen atoms in total. The van der Waals surface area contributed by atoms with Crippen molar-refractivity contribution < 1.29 is 20.6 Å². The van der Waals surface area contributed by atoms with E-state index in [0.717, 1.165) is 10.2 Å². The van der Waals surface area contributed by atoms with Gasteiger partial charge in [-0.25, -0.2) is 0 Å². The molecule has 0 amide bonds. The third-order valence-corrected chi connectivity index (χ3v) is 1.66. The molecule has 0 aromatic heterocycles. The lowest BCUT2D eigenvalue weighted by Gasteiger charge is -2.19. The minimum Gasteiger partial charge on any atom is -0.146 e. The molecule has 5 heteroatoms. The van der Waals surface area contributed by atoms with E-state index >= 15 is 0 Å². The van der Waals surface area contributed by atoms with Gasteiger partial charge in [0.25, 0.3) is 0 Å². The summed E-state index contributed by atoms with van der Waals surface area (Å²) in [6.45, 7) is 4.01. The van der Waals surface area contributed by atoms with Gasteiger partial charge in [0.05, 0.1) is 4.97 Å². The summed E-state index contributed by atoms with van der Waals surface area (Å²) in [5.41, 5.74) is 0. The Labute approximate surface area is 63.6 Å². The molecule has 0 fully saturated rings. The molecular weight excluding hydrogens is 150 g/mol. The van der Waals surface area contributed by atoms with E-state index in [1.807, 2.05) is 13.8 Å².